The molecule has 4 nitrogen and oxygen atoms in total. The Kier molecular flexibility index (Phi) is 3.69. The van der Waals surface area contributed by atoms with Gasteiger partial charge in [0.05, 0.1) is 0 Å². The van der Waals surface area contributed by atoms with Gasteiger partial charge < -0.3 is 4.74 Å². The first-order chi connectivity index (χ1) is 9.04. The molecule has 0 unspecified atom stereocenters. The van der Waals surface area contributed by atoms with Crippen LogP contribution in [-0.4, -0.2) is 21.1 Å². The second-order valence-corrected chi connectivity index (χ2v) is 4.85. The summed E-state index contributed by atoms with van der Waals surface area (Å²) < 4.78 is 7.35. The van der Waals surface area contributed by atoms with Gasteiger partial charge in [-0.1, -0.05) is 25.1 Å². The summed E-state index contributed by atoms with van der Waals surface area (Å²) in [4.78, 5) is 16.2. The molecule has 1 aromatic heterocycles. The number of aryl methyl sites for hydroxylation is 1. The summed E-state index contributed by atoms with van der Waals surface area (Å²) >= 11 is 0. The number of carbonyl (C=O) groups is 1. The Morgan fingerprint density at radius 2 is 2.11 bits per heavy atom. The molecule has 0 amide bonds. The van der Waals surface area contributed by atoms with Crippen LogP contribution >= 0.6 is 0 Å². The number of rotatable bonds is 4. The maximum atomic E-state index is 12.3. The lowest BCUT2D eigenvalue weighted by Gasteiger charge is -2.26. The van der Waals surface area contributed by atoms with Gasteiger partial charge in [-0.05, 0) is 31.9 Å². The average Bonchev–Trinajstić information content (AvgIpc) is 2.91. The molecule has 19 heavy (non-hydrogen) atoms. The molecule has 0 bridgehead atoms. The first-order valence-corrected chi connectivity index (χ1v) is 6.34. The van der Waals surface area contributed by atoms with E-state index in [-0.39, 0.29) is 5.91 Å². The van der Waals surface area contributed by atoms with Crippen LogP contribution in [0.15, 0.2) is 43.0 Å². The molecule has 0 atom stereocenters. The molecule has 0 fully saturated rings. The van der Waals surface area contributed by atoms with E-state index in [0.29, 0.717) is 0 Å². The molecule has 0 N–H and O–H groups in total. The Bertz CT molecular complexity index is 559. The summed E-state index contributed by atoms with van der Waals surface area (Å²) in [5.74, 6) is 0.611. The highest BCUT2D eigenvalue weighted by Gasteiger charge is 2.31. The van der Waals surface area contributed by atoms with E-state index in [9.17, 15) is 4.79 Å². The maximum absolute atomic E-state index is 12.3. The van der Waals surface area contributed by atoms with Crippen molar-refractivity contribution in [2.75, 3.05) is 0 Å². The number of aromatic nitrogens is 2. The molecule has 4 heteroatoms. The van der Waals surface area contributed by atoms with Gasteiger partial charge in [0.1, 0.15) is 12.1 Å². The monoisotopic (exact) mass is 258 g/mol. The number of nitrogens with zero attached hydrogens (tertiary/aromatic N) is 2. The van der Waals surface area contributed by atoms with E-state index in [1.165, 1.54) is 10.9 Å². The van der Waals surface area contributed by atoms with E-state index in [0.717, 1.165) is 17.7 Å². The SMILES string of the molecule is CCc1ccccc1OC(C)(C)C(=O)n1ccnc1. The van der Waals surface area contributed by atoms with Crippen LogP contribution in [0, 0.1) is 0 Å². The Morgan fingerprint density at radius 3 is 2.74 bits per heavy atom. The van der Waals surface area contributed by atoms with Crippen molar-refractivity contribution < 1.29 is 9.53 Å². The van der Waals surface area contributed by atoms with Crippen LogP contribution in [0.3, 0.4) is 0 Å². The smallest absolute Gasteiger partial charge is 0.275 e. The van der Waals surface area contributed by atoms with Crippen molar-refractivity contribution in [3.63, 3.8) is 0 Å². The number of carbonyl (C=O) groups excluding carboxylic acids is 1. The predicted molar refractivity (Wildman–Crippen MR) is 73.4 cm³/mol. The number of ether oxygens (including phenoxy) is 1. The van der Waals surface area contributed by atoms with Crippen LogP contribution in [0.1, 0.15) is 31.1 Å². The fourth-order valence-electron chi connectivity index (χ4n) is 1.90. The molecular formula is C15H18N2O2. The van der Waals surface area contributed by atoms with Gasteiger partial charge in [-0.25, -0.2) is 4.98 Å². The molecule has 0 aliphatic heterocycles. The molecule has 1 heterocycles. The lowest BCUT2D eigenvalue weighted by molar-refractivity contribution is 0.0484. The minimum absolute atomic E-state index is 0.143. The summed E-state index contributed by atoms with van der Waals surface area (Å²) in [5, 5.41) is 0. The predicted octanol–water partition coefficient (Wildman–Crippen LogP) is 2.94. The number of imidazole rings is 1. The van der Waals surface area contributed by atoms with Gasteiger partial charge in [0.25, 0.3) is 5.91 Å². The molecule has 2 rings (SSSR count). The lowest BCUT2D eigenvalue weighted by Crippen LogP contribution is -2.41. The Balaban J connectivity index is 2.23. The topological polar surface area (TPSA) is 44.1 Å². The van der Waals surface area contributed by atoms with E-state index in [1.807, 2.05) is 24.3 Å². The van der Waals surface area contributed by atoms with E-state index < -0.39 is 5.60 Å². The van der Waals surface area contributed by atoms with Crippen LogP contribution in [0.4, 0.5) is 0 Å². The quantitative estimate of drug-likeness (QED) is 0.847. The molecule has 2 aromatic rings. The third-order valence-electron chi connectivity index (χ3n) is 2.97. The lowest BCUT2D eigenvalue weighted by atomic mass is 10.1. The number of hydrogen-bond donors (Lipinski definition) is 0. The first kappa shape index (κ1) is 13.3. The van der Waals surface area contributed by atoms with Gasteiger partial charge in [-0.3, -0.25) is 9.36 Å². The van der Waals surface area contributed by atoms with Crippen molar-refractivity contribution in [3.05, 3.63) is 48.5 Å². The van der Waals surface area contributed by atoms with Crippen LogP contribution in [0.2, 0.25) is 0 Å². The van der Waals surface area contributed by atoms with Crippen molar-refractivity contribution in [3.8, 4) is 5.75 Å². The van der Waals surface area contributed by atoms with Crippen LogP contribution in [0.25, 0.3) is 0 Å². The van der Waals surface area contributed by atoms with Crippen molar-refractivity contribution in [2.24, 2.45) is 0 Å². The zero-order chi connectivity index (χ0) is 13.9. The highest BCUT2D eigenvalue weighted by atomic mass is 16.5. The highest BCUT2D eigenvalue weighted by molar-refractivity contribution is 5.86. The Morgan fingerprint density at radius 1 is 1.37 bits per heavy atom. The van der Waals surface area contributed by atoms with Gasteiger partial charge in [-0.15, -0.1) is 0 Å². The van der Waals surface area contributed by atoms with Crippen LogP contribution in [-0.2, 0) is 6.42 Å². The standard InChI is InChI=1S/C15H18N2O2/c1-4-12-7-5-6-8-13(12)19-15(2,3)14(18)17-10-9-16-11-17/h5-11H,4H2,1-3H3. The van der Waals surface area contributed by atoms with Crippen LogP contribution < -0.4 is 4.74 Å². The van der Waals surface area contributed by atoms with E-state index in [2.05, 4.69) is 11.9 Å². The zero-order valence-corrected chi connectivity index (χ0v) is 11.5. The molecule has 0 saturated heterocycles. The largest absolute Gasteiger partial charge is 0.478 e. The maximum Gasteiger partial charge on any atom is 0.275 e. The number of benzene rings is 1. The summed E-state index contributed by atoms with van der Waals surface area (Å²) in [7, 11) is 0. The van der Waals surface area contributed by atoms with E-state index in [1.54, 1.807) is 26.2 Å². The third-order valence-corrected chi connectivity index (χ3v) is 2.97. The van der Waals surface area contributed by atoms with Crippen molar-refractivity contribution >= 4 is 5.91 Å². The fraction of sp³-hybridized carbons (Fsp3) is 0.333. The Labute approximate surface area is 113 Å². The summed E-state index contributed by atoms with van der Waals surface area (Å²) in [6, 6.07) is 7.78. The van der Waals surface area contributed by atoms with Crippen molar-refractivity contribution in [2.45, 2.75) is 32.8 Å². The summed E-state index contributed by atoms with van der Waals surface area (Å²) in [5.41, 5.74) is 0.153. The first-order valence-electron chi connectivity index (χ1n) is 6.34. The number of hydrogen-bond acceptors (Lipinski definition) is 3. The average molecular weight is 258 g/mol. The molecule has 0 aliphatic carbocycles. The normalized spacial score (nSPS) is 11.3. The molecule has 0 aliphatic rings. The summed E-state index contributed by atoms with van der Waals surface area (Å²) in [6.45, 7) is 5.59. The zero-order valence-electron chi connectivity index (χ0n) is 11.5. The highest BCUT2D eigenvalue weighted by Crippen LogP contribution is 2.24. The molecule has 100 valence electrons. The van der Waals surface area contributed by atoms with Gasteiger partial charge >= 0.3 is 0 Å². The third kappa shape index (κ3) is 2.84. The van der Waals surface area contributed by atoms with Gasteiger partial charge in [0, 0.05) is 12.4 Å². The molecular weight excluding hydrogens is 240 g/mol. The Hall–Kier alpha value is -2.10. The second kappa shape index (κ2) is 5.26. The van der Waals surface area contributed by atoms with E-state index in [4.69, 9.17) is 4.74 Å². The molecule has 1 aromatic carbocycles. The van der Waals surface area contributed by atoms with Crippen molar-refractivity contribution in [1.29, 1.82) is 0 Å². The second-order valence-electron chi connectivity index (χ2n) is 4.85. The van der Waals surface area contributed by atoms with Gasteiger partial charge in [0.2, 0.25) is 0 Å². The molecule has 0 radical (unpaired) electrons. The number of para-hydroxylation sites is 1. The minimum atomic E-state index is -0.939. The van der Waals surface area contributed by atoms with Crippen molar-refractivity contribution in [1.82, 2.24) is 9.55 Å². The molecule has 0 spiro atoms. The summed E-state index contributed by atoms with van der Waals surface area (Å²) in [6.07, 6.45) is 5.55. The van der Waals surface area contributed by atoms with Crippen LogP contribution in [0.5, 0.6) is 5.75 Å². The van der Waals surface area contributed by atoms with E-state index >= 15 is 0 Å². The fourth-order valence-corrected chi connectivity index (χ4v) is 1.90. The minimum Gasteiger partial charge on any atom is -0.478 e. The molecule has 0 saturated carbocycles. The van der Waals surface area contributed by atoms with Gasteiger partial charge in [-0.2, -0.15) is 0 Å². The van der Waals surface area contributed by atoms with Gasteiger partial charge in [0.15, 0.2) is 5.60 Å².